The number of hydrogen-bond donors (Lipinski definition) is 0. The van der Waals surface area contributed by atoms with Gasteiger partial charge < -0.3 is 9.47 Å². The summed E-state index contributed by atoms with van der Waals surface area (Å²) in [6.07, 6.45) is 7.57. The van der Waals surface area contributed by atoms with E-state index in [1.54, 1.807) is 16.4 Å². The average Bonchev–Trinajstić information content (AvgIpc) is 3.15. The SMILES string of the molecule is CC1CCN(C(=O)CCn2ccc3cc(S(=O)(=O)N4CCCCC4)ccc32)CC1. The summed E-state index contributed by atoms with van der Waals surface area (Å²) >= 11 is 0. The number of rotatable bonds is 5. The third kappa shape index (κ3) is 4.36. The Morgan fingerprint density at radius 1 is 1.03 bits per heavy atom. The van der Waals surface area contributed by atoms with Crippen molar-refractivity contribution in [3.8, 4) is 0 Å². The lowest BCUT2D eigenvalue weighted by atomic mass is 9.99. The van der Waals surface area contributed by atoms with E-state index in [1.807, 2.05) is 23.2 Å². The molecule has 1 aromatic carbocycles. The second-order valence-corrected chi connectivity index (χ2v) is 10.4. The predicted octanol–water partition coefficient (Wildman–Crippen LogP) is 3.46. The number of piperidine rings is 2. The highest BCUT2D eigenvalue weighted by molar-refractivity contribution is 7.89. The summed E-state index contributed by atoms with van der Waals surface area (Å²) in [7, 11) is -3.43. The largest absolute Gasteiger partial charge is 0.347 e. The number of carbonyl (C=O) groups excluding carboxylic acids is 1. The molecule has 0 spiro atoms. The number of amides is 1. The van der Waals surface area contributed by atoms with Crippen molar-refractivity contribution in [2.24, 2.45) is 5.92 Å². The first-order valence-corrected chi connectivity index (χ1v) is 12.3. The van der Waals surface area contributed by atoms with Gasteiger partial charge in [0.1, 0.15) is 0 Å². The highest BCUT2D eigenvalue weighted by atomic mass is 32.2. The average molecular weight is 418 g/mol. The molecule has 0 bridgehead atoms. The first kappa shape index (κ1) is 20.4. The topological polar surface area (TPSA) is 62.6 Å². The van der Waals surface area contributed by atoms with Gasteiger partial charge in [-0.15, -0.1) is 0 Å². The molecule has 2 aliphatic rings. The highest BCUT2D eigenvalue weighted by Gasteiger charge is 2.26. The molecular formula is C22H31N3O3S. The molecule has 0 atom stereocenters. The first-order chi connectivity index (χ1) is 13.9. The number of aryl methyl sites for hydroxylation is 1. The minimum absolute atomic E-state index is 0.211. The number of benzene rings is 1. The lowest BCUT2D eigenvalue weighted by Crippen LogP contribution is -2.38. The fourth-order valence-electron chi connectivity index (χ4n) is 4.42. The number of sulfonamides is 1. The maximum atomic E-state index is 12.9. The van der Waals surface area contributed by atoms with E-state index >= 15 is 0 Å². The van der Waals surface area contributed by atoms with Crippen LogP contribution >= 0.6 is 0 Å². The summed E-state index contributed by atoms with van der Waals surface area (Å²) < 4.78 is 29.5. The quantitative estimate of drug-likeness (QED) is 0.748. The van der Waals surface area contributed by atoms with Gasteiger partial charge in [0, 0.05) is 56.2 Å². The molecule has 0 saturated carbocycles. The van der Waals surface area contributed by atoms with Crippen LogP contribution in [-0.2, 0) is 21.4 Å². The van der Waals surface area contributed by atoms with Gasteiger partial charge in [-0.3, -0.25) is 4.79 Å². The van der Waals surface area contributed by atoms with E-state index < -0.39 is 10.0 Å². The zero-order valence-electron chi connectivity index (χ0n) is 17.2. The standard InChI is InChI=1S/C22H31N3O3S/c1-18-7-13-24(14-8-18)22(26)10-16-23-15-9-19-17-20(5-6-21(19)23)29(27,28)25-11-3-2-4-12-25/h5-6,9,15,17-18H,2-4,7-8,10-14,16H2,1H3. The summed E-state index contributed by atoms with van der Waals surface area (Å²) in [5.41, 5.74) is 0.975. The van der Waals surface area contributed by atoms with Crippen LogP contribution in [0.2, 0.25) is 0 Å². The van der Waals surface area contributed by atoms with E-state index in [4.69, 9.17) is 0 Å². The summed E-state index contributed by atoms with van der Waals surface area (Å²) in [6.45, 7) is 5.81. The van der Waals surface area contributed by atoms with Crippen LogP contribution in [0.15, 0.2) is 35.4 Å². The van der Waals surface area contributed by atoms with E-state index in [-0.39, 0.29) is 5.91 Å². The molecule has 2 aliphatic heterocycles. The fraction of sp³-hybridized carbons (Fsp3) is 0.591. The number of aromatic nitrogens is 1. The van der Waals surface area contributed by atoms with Crippen molar-refractivity contribution >= 4 is 26.8 Å². The van der Waals surface area contributed by atoms with Crippen LogP contribution in [0, 0.1) is 5.92 Å². The Morgan fingerprint density at radius 3 is 2.48 bits per heavy atom. The Balaban J connectivity index is 1.45. The molecule has 6 nitrogen and oxygen atoms in total. The number of hydrogen-bond acceptors (Lipinski definition) is 3. The molecule has 158 valence electrons. The zero-order valence-corrected chi connectivity index (χ0v) is 18.0. The Hall–Kier alpha value is -1.86. The van der Waals surface area contributed by atoms with Crippen molar-refractivity contribution in [3.63, 3.8) is 0 Å². The normalized spacial score (nSPS) is 19.7. The predicted molar refractivity (Wildman–Crippen MR) is 114 cm³/mol. The summed E-state index contributed by atoms with van der Waals surface area (Å²) in [6, 6.07) is 7.29. The van der Waals surface area contributed by atoms with Crippen molar-refractivity contribution in [1.82, 2.24) is 13.8 Å². The third-order valence-corrected chi connectivity index (χ3v) is 8.29. The van der Waals surface area contributed by atoms with Crippen LogP contribution in [0.5, 0.6) is 0 Å². The van der Waals surface area contributed by atoms with Crippen LogP contribution in [-0.4, -0.2) is 54.3 Å². The monoisotopic (exact) mass is 417 g/mol. The lowest BCUT2D eigenvalue weighted by Gasteiger charge is -2.30. The van der Waals surface area contributed by atoms with Crippen LogP contribution in [0.4, 0.5) is 0 Å². The van der Waals surface area contributed by atoms with E-state index in [1.165, 1.54) is 0 Å². The smallest absolute Gasteiger partial charge is 0.243 e. The summed E-state index contributed by atoms with van der Waals surface area (Å²) in [4.78, 5) is 14.9. The molecule has 7 heteroatoms. The first-order valence-electron chi connectivity index (χ1n) is 10.8. The second-order valence-electron chi connectivity index (χ2n) is 8.51. The van der Waals surface area contributed by atoms with Crippen molar-refractivity contribution in [2.75, 3.05) is 26.2 Å². The van der Waals surface area contributed by atoms with Gasteiger partial charge in [-0.1, -0.05) is 13.3 Å². The zero-order chi connectivity index (χ0) is 20.4. The molecule has 1 aromatic heterocycles. The number of fused-ring (bicyclic) bond motifs is 1. The van der Waals surface area contributed by atoms with E-state index in [0.29, 0.717) is 36.9 Å². The molecule has 3 heterocycles. The Kier molecular flexibility index (Phi) is 5.97. The Bertz CT molecular complexity index is 968. The van der Waals surface area contributed by atoms with Crippen molar-refractivity contribution in [1.29, 1.82) is 0 Å². The van der Waals surface area contributed by atoms with Gasteiger partial charge in [-0.05, 0) is 55.9 Å². The van der Waals surface area contributed by atoms with Gasteiger partial charge in [-0.25, -0.2) is 8.42 Å². The fourth-order valence-corrected chi connectivity index (χ4v) is 5.97. The summed E-state index contributed by atoms with van der Waals surface area (Å²) in [5.74, 6) is 0.922. The molecule has 0 aliphatic carbocycles. The van der Waals surface area contributed by atoms with Crippen molar-refractivity contribution in [2.45, 2.75) is 56.9 Å². The molecular weight excluding hydrogens is 386 g/mol. The molecule has 2 fully saturated rings. The number of nitrogens with zero attached hydrogens (tertiary/aromatic N) is 3. The molecule has 0 N–H and O–H groups in total. The van der Waals surface area contributed by atoms with E-state index in [2.05, 4.69) is 11.5 Å². The minimum atomic E-state index is -3.43. The van der Waals surface area contributed by atoms with Crippen LogP contribution in [0.1, 0.15) is 45.4 Å². The maximum Gasteiger partial charge on any atom is 0.243 e. The molecule has 2 saturated heterocycles. The number of carbonyl (C=O) groups is 1. The molecule has 1 amide bonds. The van der Waals surface area contributed by atoms with E-state index in [9.17, 15) is 13.2 Å². The lowest BCUT2D eigenvalue weighted by molar-refractivity contribution is -0.132. The van der Waals surface area contributed by atoms with Crippen LogP contribution in [0.3, 0.4) is 0 Å². The van der Waals surface area contributed by atoms with Gasteiger partial charge in [0.15, 0.2) is 0 Å². The van der Waals surface area contributed by atoms with Gasteiger partial charge >= 0.3 is 0 Å². The van der Waals surface area contributed by atoms with Crippen molar-refractivity contribution in [3.05, 3.63) is 30.5 Å². The van der Waals surface area contributed by atoms with Crippen LogP contribution in [0.25, 0.3) is 10.9 Å². The highest BCUT2D eigenvalue weighted by Crippen LogP contribution is 2.25. The number of likely N-dealkylation sites (tertiary alicyclic amines) is 1. The Labute approximate surface area is 173 Å². The molecule has 0 unspecified atom stereocenters. The van der Waals surface area contributed by atoms with Crippen molar-refractivity contribution < 1.29 is 13.2 Å². The second kappa shape index (κ2) is 8.48. The molecule has 4 rings (SSSR count). The molecule has 0 radical (unpaired) electrons. The Morgan fingerprint density at radius 2 is 1.76 bits per heavy atom. The van der Waals surface area contributed by atoms with Gasteiger partial charge in [0.2, 0.25) is 15.9 Å². The van der Waals surface area contributed by atoms with Gasteiger partial charge in [0.25, 0.3) is 0 Å². The van der Waals surface area contributed by atoms with Gasteiger partial charge in [-0.2, -0.15) is 4.31 Å². The van der Waals surface area contributed by atoms with Gasteiger partial charge in [0.05, 0.1) is 4.90 Å². The molecule has 29 heavy (non-hydrogen) atoms. The summed E-state index contributed by atoms with van der Waals surface area (Å²) in [5, 5.41) is 0.905. The van der Waals surface area contributed by atoms with Crippen LogP contribution < -0.4 is 0 Å². The molecule has 2 aromatic rings. The minimum Gasteiger partial charge on any atom is -0.347 e. The maximum absolute atomic E-state index is 12.9. The van der Waals surface area contributed by atoms with E-state index in [0.717, 1.165) is 56.1 Å². The third-order valence-electron chi connectivity index (χ3n) is 6.40.